The van der Waals surface area contributed by atoms with Crippen LogP contribution in [0.5, 0.6) is 5.75 Å². The fraction of sp³-hybridized carbons (Fsp3) is 0.304. The lowest BCUT2D eigenvalue weighted by Crippen LogP contribution is -2.33. The van der Waals surface area contributed by atoms with Crippen molar-refractivity contribution in [3.8, 4) is 17.2 Å². The van der Waals surface area contributed by atoms with Crippen LogP contribution in [0.25, 0.3) is 27.9 Å². The highest BCUT2D eigenvalue weighted by Gasteiger charge is 2.11. The van der Waals surface area contributed by atoms with Gasteiger partial charge in [0.2, 0.25) is 0 Å². The zero-order valence-corrected chi connectivity index (χ0v) is 16.7. The summed E-state index contributed by atoms with van der Waals surface area (Å²) in [6.45, 7) is 3.86. The summed E-state index contributed by atoms with van der Waals surface area (Å²) in [6, 6.07) is 13.2. The zero-order chi connectivity index (χ0) is 20.3. The molecule has 1 aromatic carbocycles. The molecular formula is C23H24N4O3. The van der Waals surface area contributed by atoms with Crippen molar-refractivity contribution < 1.29 is 14.4 Å². The molecule has 7 heteroatoms. The molecule has 5 rings (SSSR count). The van der Waals surface area contributed by atoms with Crippen molar-refractivity contribution >= 4 is 16.5 Å². The minimum atomic E-state index is 0.421. The number of nitrogens with zero attached hydrogens (tertiary/aromatic N) is 4. The van der Waals surface area contributed by atoms with Crippen LogP contribution in [0.3, 0.4) is 0 Å². The highest BCUT2D eigenvalue weighted by molar-refractivity contribution is 5.80. The van der Waals surface area contributed by atoms with E-state index in [0.717, 1.165) is 30.9 Å². The molecule has 4 heterocycles. The molecule has 154 valence electrons. The van der Waals surface area contributed by atoms with Crippen LogP contribution >= 0.6 is 0 Å². The van der Waals surface area contributed by atoms with Gasteiger partial charge in [0, 0.05) is 24.3 Å². The average Bonchev–Trinajstić information content (AvgIpc) is 3.27. The van der Waals surface area contributed by atoms with Crippen molar-refractivity contribution in [2.24, 2.45) is 5.16 Å². The van der Waals surface area contributed by atoms with E-state index < -0.39 is 0 Å². The van der Waals surface area contributed by atoms with E-state index in [4.69, 9.17) is 9.15 Å². The lowest BCUT2D eigenvalue weighted by Gasteiger charge is -2.26. The molecule has 0 atom stereocenters. The highest BCUT2D eigenvalue weighted by atomic mass is 16.5. The minimum absolute atomic E-state index is 0.421. The van der Waals surface area contributed by atoms with E-state index in [1.54, 1.807) is 12.4 Å². The topological polar surface area (TPSA) is 75.5 Å². The molecule has 1 aliphatic rings. The van der Waals surface area contributed by atoms with Crippen LogP contribution in [-0.4, -0.2) is 45.7 Å². The molecule has 0 unspecified atom stereocenters. The number of hydrogen-bond acceptors (Lipinski definition) is 6. The summed E-state index contributed by atoms with van der Waals surface area (Å²) >= 11 is 0. The smallest absolute Gasteiger partial charge is 0.155 e. The molecule has 4 aromatic rings. The first-order valence-electron chi connectivity index (χ1n) is 10.3. The Morgan fingerprint density at radius 1 is 1.10 bits per heavy atom. The molecule has 0 aliphatic carbocycles. The summed E-state index contributed by atoms with van der Waals surface area (Å²) < 4.78 is 13.9. The summed E-state index contributed by atoms with van der Waals surface area (Å²) in [6.07, 6.45) is 7.54. The van der Waals surface area contributed by atoms with Crippen LogP contribution in [0.15, 0.2) is 64.6 Å². The number of benzene rings is 1. The molecule has 1 N–H and O–H groups in total. The summed E-state index contributed by atoms with van der Waals surface area (Å²) in [5.41, 5.74) is 2.30. The molecular weight excluding hydrogens is 380 g/mol. The Hall–Kier alpha value is -3.32. The highest BCUT2D eigenvalue weighted by Crippen LogP contribution is 2.24. The number of ether oxygens (including phenoxy) is 1. The Kier molecular flexibility index (Phi) is 5.11. The van der Waals surface area contributed by atoms with Gasteiger partial charge in [-0.15, -0.1) is 0 Å². The maximum absolute atomic E-state index is 9.59. The number of fused-ring (bicyclic) bond motifs is 2. The lowest BCUT2D eigenvalue weighted by atomic mass is 10.1. The van der Waals surface area contributed by atoms with Gasteiger partial charge >= 0.3 is 0 Å². The van der Waals surface area contributed by atoms with Gasteiger partial charge in [-0.05, 0) is 62.3 Å². The largest absolute Gasteiger partial charge is 0.492 e. The first kappa shape index (κ1) is 18.7. The van der Waals surface area contributed by atoms with Gasteiger partial charge in [0.05, 0.1) is 11.7 Å². The van der Waals surface area contributed by atoms with E-state index >= 15 is 0 Å². The van der Waals surface area contributed by atoms with Crippen LogP contribution in [0.1, 0.15) is 19.3 Å². The SMILES string of the molecule is O/N=c1/cc(-c2cc3cccn3cn2)oc2ccc(OCCN3CCCCC3)cc12. The Labute approximate surface area is 173 Å². The van der Waals surface area contributed by atoms with E-state index in [1.807, 2.05) is 47.0 Å². The second-order valence-electron chi connectivity index (χ2n) is 7.62. The molecule has 3 aromatic heterocycles. The van der Waals surface area contributed by atoms with Crippen LogP contribution < -0.4 is 10.1 Å². The third-order valence-corrected chi connectivity index (χ3v) is 5.62. The van der Waals surface area contributed by atoms with E-state index in [1.165, 1.54) is 19.3 Å². The van der Waals surface area contributed by atoms with Crippen LogP contribution in [0.4, 0.5) is 0 Å². The van der Waals surface area contributed by atoms with Crippen molar-refractivity contribution in [3.05, 3.63) is 60.3 Å². The predicted molar refractivity (Wildman–Crippen MR) is 114 cm³/mol. The third-order valence-electron chi connectivity index (χ3n) is 5.62. The summed E-state index contributed by atoms with van der Waals surface area (Å²) in [5.74, 6) is 1.28. The van der Waals surface area contributed by atoms with Gasteiger partial charge in [-0.1, -0.05) is 11.6 Å². The van der Waals surface area contributed by atoms with Gasteiger partial charge in [-0.2, -0.15) is 0 Å². The fourth-order valence-corrected chi connectivity index (χ4v) is 3.99. The quantitative estimate of drug-likeness (QED) is 0.403. The van der Waals surface area contributed by atoms with Gasteiger partial charge in [0.1, 0.15) is 29.0 Å². The van der Waals surface area contributed by atoms with E-state index in [0.29, 0.717) is 34.4 Å². The van der Waals surface area contributed by atoms with Gasteiger partial charge < -0.3 is 18.8 Å². The van der Waals surface area contributed by atoms with Crippen LogP contribution in [0, 0.1) is 0 Å². The Morgan fingerprint density at radius 3 is 2.87 bits per heavy atom. The number of aromatic nitrogens is 2. The average molecular weight is 404 g/mol. The normalized spacial score (nSPS) is 15.8. The van der Waals surface area contributed by atoms with Gasteiger partial charge in [-0.3, -0.25) is 4.90 Å². The minimum Gasteiger partial charge on any atom is -0.492 e. The molecule has 0 amide bonds. The van der Waals surface area contributed by atoms with Gasteiger partial charge in [-0.25, -0.2) is 4.98 Å². The number of likely N-dealkylation sites (tertiary alicyclic amines) is 1. The molecule has 7 nitrogen and oxygen atoms in total. The Bertz CT molecular complexity index is 1240. The van der Waals surface area contributed by atoms with Crippen LogP contribution in [0.2, 0.25) is 0 Å². The van der Waals surface area contributed by atoms with Crippen molar-refractivity contribution in [2.45, 2.75) is 19.3 Å². The van der Waals surface area contributed by atoms with Gasteiger partial charge in [0.15, 0.2) is 5.76 Å². The molecule has 30 heavy (non-hydrogen) atoms. The molecule has 0 radical (unpaired) electrons. The standard InChI is InChI=1S/C23H24N4O3/c28-25-20-15-23(21-13-17-5-4-10-27(17)16-24-21)30-22-7-6-18(14-19(20)22)29-12-11-26-8-2-1-3-9-26/h4-7,10,13-16,28H,1-3,8-9,11-12H2/b25-20-. The molecule has 1 fully saturated rings. The molecule has 1 saturated heterocycles. The van der Waals surface area contributed by atoms with E-state index in [9.17, 15) is 5.21 Å². The van der Waals surface area contributed by atoms with Crippen molar-refractivity contribution in [1.82, 2.24) is 14.3 Å². The first-order valence-corrected chi connectivity index (χ1v) is 10.3. The summed E-state index contributed by atoms with van der Waals surface area (Å²) in [4.78, 5) is 6.89. The van der Waals surface area contributed by atoms with Crippen molar-refractivity contribution in [2.75, 3.05) is 26.2 Å². The summed E-state index contributed by atoms with van der Waals surface area (Å²) in [5, 5.41) is 14.2. The molecule has 0 saturated carbocycles. The second-order valence-corrected chi connectivity index (χ2v) is 7.62. The number of hydrogen-bond donors (Lipinski definition) is 1. The monoisotopic (exact) mass is 404 g/mol. The Balaban J connectivity index is 1.40. The first-order chi connectivity index (χ1) is 14.8. The molecule has 0 spiro atoms. The van der Waals surface area contributed by atoms with Crippen molar-refractivity contribution in [3.63, 3.8) is 0 Å². The molecule has 1 aliphatic heterocycles. The third kappa shape index (κ3) is 3.76. The predicted octanol–water partition coefficient (Wildman–Crippen LogP) is 3.90. The maximum atomic E-state index is 9.59. The van der Waals surface area contributed by atoms with Crippen molar-refractivity contribution in [1.29, 1.82) is 0 Å². The number of piperidine rings is 1. The van der Waals surface area contributed by atoms with E-state index in [2.05, 4.69) is 15.0 Å². The number of rotatable bonds is 5. The van der Waals surface area contributed by atoms with E-state index in [-0.39, 0.29) is 0 Å². The maximum Gasteiger partial charge on any atom is 0.155 e. The zero-order valence-electron chi connectivity index (χ0n) is 16.7. The van der Waals surface area contributed by atoms with Crippen LogP contribution in [-0.2, 0) is 0 Å². The second kappa shape index (κ2) is 8.20. The summed E-state index contributed by atoms with van der Waals surface area (Å²) in [7, 11) is 0. The lowest BCUT2D eigenvalue weighted by molar-refractivity contribution is 0.183. The van der Waals surface area contributed by atoms with Gasteiger partial charge in [0.25, 0.3) is 0 Å². The molecule has 0 bridgehead atoms. The fourth-order valence-electron chi connectivity index (χ4n) is 3.99. The Morgan fingerprint density at radius 2 is 2.00 bits per heavy atom.